The largest absolute Gasteiger partial charge is 0.384 e. The smallest absolute Gasteiger partial charge is 0.269 e. The Labute approximate surface area is 267 Å². The Hall–Kier alpha value is -3.95. The second kappa shape index (κ2) is 13.4. The second-order valence-electron chi connectivity index (χ2n) is 10.5. The molecule has 9 nitrogen and oxygen atoms in total. The summed E-state index contributed by atoms with van der Waals surface area (Å²) in [7, 11) is 2.03. The molecule has 3 aromatic carbocycles. The van der Waals surface area contributed by atoms with E-state index in [1.807, 2.05) is 50.4 Å². The van der Waals surface area contributed by atoms with Crippen LogP contribution in [-0.4, -0.2) is 67.4 Å². The van der Waals surface area contributed by atoms with Crippen LogP contribution < -0.4 is 15.2 Å². The number of anilines is 3. The molecule has 3 aliphatic heterocycles. The Morgan fingerprint density at radius 3 is 2.57 bits per heavy atom. The van der Waals surface area contributed by atoms with Gasteiger partial charge >= 0.3 is 0 Å². The fourth-order valence-corrected chi connectivity index (χ4v) is 7.81. The van der Waals surface area contributed by atoms with E-state index in [9.17, 15) is 10.1 Å². The molecule has 2 fully saturated rings. The van der Waals surface area contributed by atoms with Crippen molar-refractivity contribution in [3.8, 4) is 6.07 Å². The van der Waals surface area contributed by atoms with Crippen LogP contribution in [0.3, 0.4) is 0 Å². The Kier molecular flexibility index (Phi) is 9.14. The summed E-state index contributed by atoms with van der Waals surface area (Å²) in [6.07, 6.45) is 0. The fourth-order valence-electron chi connectivity index (χ4n) is 5.50. The van der Waals surface area contributed by atoms with Gasteiger partial charge in [-0.25, -0.2) is 10.0 Å². The molecular formula is C33H35N7O2S2. The number of nitrogens with one attached hydrogen (secondary N) is 1. The van der Waals surface area contributed by atoms with Crippen molar-refractivity contribution >= 4 is 57.3 Å². The van der Waals surface area contributed by atoms with Crippen LogP contribution in [-0.2, 0) is 16.1 Å². The molecule has 3 aromatic rings. The van der Waals surface area contributed by atoms with Crippen LogP contribution >= 0.6 is 23.5 Å². The number of morpholine rings is 1. The Balaban J connectivity index is 1.37. The Morgan fingerprint density at radius 2 is 1.84 bits per heavy atom. The van der Waals surface area contributed by atoms with Gasteiger partial charge in [-0.2, -0.15) is 5.26 Å². The van der Waals surface area contributed by atoms with E-state index in [0.717, 1.165) is 65.4 Å². The molecule has 0 spiro atoms. The molecule has 1 amide bonds. The Bertz CT molecular complexity index is 1650. The average Bonchev–Trinajstić information content (AvgIpc) is 3.54. The maximum atomic E-state index is 14.2. The van der Waals surface area contributed by atoms with Crippen molar-refractivity contribution in [1.29, 1.82) is 5.26 Å². The highest BCUT2D eigenvalue weighted by Gasteiger charge is 2.39. The summed E-state index contributed by atoms with van der Waals surface area (Å²) in [4.78, 5) is 24.8. The van der Waals surface area contributed by atoms with Crippen LogP contribution in [0.2, 0.25) is 0 Å². The molecule has 3 heterocycles. The second-order valence-corrected chi connectivity index (χ2v) is 12.5. The van der Waals surface area contributed by atoms with Crippen molar-refractivity contribution < 1.29 is 9.53 Å². The molecule has 226 valence electrons. The first-order valence-electron chi connectivity index (χ1n) is 14.8. The van der Waals surface area contributed by atoms with Crippen molar-refractivity contribution in [2.24, 2.45) is 4.99 Å². The lowest BCUT2D eigenvalue weighted by molar-refractivity contribution is -0.122. The summed E-state index contributed by atoms with van der Waals surface area (Å²) in [5.41, 5.74) is 5.18. The average molecular weight is 626 g/mol. The zero-order valence-corrected chi connectivity index (χ0v) is 26.7. The molecular weight excluding hydrogens is 591 g/mol. The van der Waals surface area contributed by atoms with Gasteiger partial charge < -0.3 is 20.0 Å². The number of fused-ring (bicyclic) bond motifs is 1. The fraction of sp³-hybridized carbons (Fsp3) is 0.303. The Morgan fingerprint density at radius 1 is 1.05 bits per heavy atom. The van der Waals surface area contributed by atoms with Crippen molar-refractivity contribution in [2.45, 2.75) is 25.3 Å². The van der Waals surface area contributed by atoms with E-state index in [0.29, 0.717) is 34.4 Å². The van der Waals surface area contributed by atoms with Crippen molar-refractivity contribution in [3.05, 3.63) is 87.8 Å². The topological polar surface area (TPSA) is 87.4 Å². The zero-order valence-electron chi connectivity index (χ0n) is 25.1. The van der Waals surface area contributed by atoms with E-state index in [4.69, 9.17) is 9.73 Å². The maximum Gasteiger partial charge on any atom is 0.269 e. The number of aliphatic imine (C=N–C) groups is 1. The van der Waals surface area contributed by atoms with Crippen LogP contribution in [0.1, 0.15) is 25.0 Å². The quantitative estimate of drug-likeness (QED) is 0.293. The third-order valence-corrected chi connectivity index (χ3v) is 10.1. The lowest BCUT2D eigenvalue weighted by Crippen LogP contribution is -2.49. The number of hydrazine groups is 1. The molecule has 2 saturated heterocycles. The number of thioether (sulfide) groups is 2. The van der Waals surface area contributed by atoms with E-state index in [1.54, 1.807) is 28.8 Å². The SMILES string of the molecule is CCNc1ccc(C#N)cc1N=C1SC(=C2Sc3ccc(N(CC)N4CCOCC4)cc3N2C)C(=O)N1Cc1ccccc1. The summed E-state index contributed by atoms with van der Waals surface area (Å²) in [6.45, 7) is 9.33. The highest BCUT2D eigenvalue weighted by Crippen LogP contribution is 2.51. The molecule has 3 aliphatic rings. The van der Waals surface area contributed by atoms with Gasteiger partial charge in [0, 0.05) is 38.1 Å². The van der Waals surface area contributed by atoms with Gasteiger partial charge in [0.1, 0.15) is 4.91 Å². The van der Waals surface area contributed by atoms with Gasteiger partial charge in [-0.3, -0.25) is 9.69 Å². The van der Waals surface area contributed by atoms with E-state index in [-0.39, 0.29) is 5.91 Å². The van der Waals surface area contributed by atoms with E-state index >= 15 is 0 Å². The van der Waals surface area contributed by atoms with Gasteiger partial charge in [0.25, 0.3) is 5.91 Å². The number of amides is 1. The first-order valence-corrected chi connectivity index (χ1v) is 16.4. The maximum absolute atomic E-state index is 14.2. The van der Waals surface area contributed by atoms with E-state index in [2.05, 4.69) is 51.4 Å². The first kappa shape index (κ1) is 30.1. The monoisotopic (exact) mass is 625 g/mol. The van der Waals surface area contributed by atoms with Gasteiger partial charge in [0.15, 0.2) is 5.17 Å². The minimum absolute atomic E-state index is 0.0788. The van der Waals surface area contributed by atoms with Gasteiger partial charge in [-0.15, -0.1) is 0 Å². The number of nitriles is 1. The van der Waals surface area contributed by atoms with E-state index in [1.165, 1.54) is 11.8 Å². The van der Waals surface area contributed by atoms with Crippen molar-refractivity contribution in [3.63, 3.8) is 0 Å². The highest BCUT2D eigenvalue weighted by molar-refractivity contribution is 8.19. The van der Waals surface area contributed by atoms with Crippen LogP contribution in [0.5, 0.6) is 0 Å². The van der Waals surface area contributed by atoms with Crippen LogP contribution in [0.4, 0.5) is 22.7 Å². The number of benzene rings is 3. The third-order valence-electron chi connectivity index (χ3n) is 7.69. The van der Waals surface area contributed by atoms with Gasteiger partial charge in [0.2, 0.25) is 0 Å². The first-order chi connectivity index (χ1) is 21.5. The summed E-state index contributed by atoms with van der Waals surface area (Å²) >= 11 is 3.01. The standard InChI is InChI=1S/C33H35N7O2S2/c1-4-35-26-13-11-24(21-34)19-27(26)36-33-39(22-23-9-7-6-8-10-23)31(41)30(44-33)32-37(3)28-20-25(12-14-29(28)43-32)40(5-2)38-15-17-42-18-16-38/h6-14,19-20,35H,4-5,15-18,22H2,1-3H3. The molecule has 44 heavy (non-hydrogen) atoms. The summed E-state index contributed by atoms with van der Waals surface area (Å²) in [5, 5.41) is 19.0. The number of hydrogen-bond acceptors (Lipinski definition) is 10. The predicted octanol–water partition coefficient (Wildman–Crippen LogP) is 6.24. The lowest BCUT2D eigenvalue weighted by atomic mass is 10.2. The number of carbonyl (C=O) groups excluding carboxylic acids is 1. The third kappa shape index (κ3) is 6.03. The van der Waals surface area contributed by atoms with Gasteiger partial charge in [-0.05, 0) is 67.6 Å². The molecule has 0 saturated carbocycles. The molecule has 6 rings (SSSR count). The summed E-state index contributed by atoms with van der Waals surface area (Å²) in [5.74, 6) is -0.0788. The van der Waals surface area contributed by atoms with Crippen LogP contribution in [0, 0.1) is 11.3 Å². The number of hydrogen-bond donors (Lipinski definition) is 1. The summed E-state index contributed by atoms with van der Waals surface area (Å²) in [6, 6.07) is 24.1. The lowest BCUT2D eigenvalue weighted by Gasteiger charge is -2.38. The number of nitrogens with zero attached hydrogens (tertiary/aromatic N) is 6. The number of amidine groups is 1. The van der Waals surface area contributed by atoms with Gasteiger partial charge in [0.05, 0.1) is 59.2 Å². The van der Waals surface area contributed by atoms with E-state index < -0.39 is 0 Å². The predicted molar refractivity (Wildman–Crippen MR) is 180 cm³/mol. The molecule has 1 N–H and O–H groups in total. The molecule has 0 unspecified atom stereocenters. The number of ether oxygens (including phenoxy) is 1. The number of carbonyl (C=O) groups is 1. The van der Waals surface area contributed by atoms with Gasteiger partial charge in [-0.1, -0.05) is 42.1 Å². The molecule has 0 radical (unpaired) electrons. The minimum Gasteiger partial charge on any atom is -0.384 e. The molecule has 0 atom stereocenters. The molecule has 0 aromatic heterocycles. The zero-order chi connectivity index (χ0) is 30.6. The highest BCUT2D eigenvalue weighted by atomic mass is 32.2. The molecule has 0 bridgehead atoms. The van der Waals surface area contributed by atoms with Crippen LogP contribution in [0.15, 0.2) is 86.6 Å². The van der Waals surface area contributed by atoms with Crippen molar-refractivity contribution in [1.82, 2.24) is 9.91 Å². The molecule has 11 heteroatoms. The summed E-state index contributed by atoms with van der Waals surface area (Å²) < 4.78 is 5.57. The molecule has 0 aliphatic carbocycles. The normalized spacial score (nSPS) is 19.4. The van der Waals surface area contributed by atoms with Crippen LogP contribution in [0.25, 0.3) is 0 Å². The van der Waals surface area contributed by atoms with Crippen molar-refractivity contribution in [2.75, 3.05) is 61.7 Å². The number of rotatable bonds is 8. The minimum atomic E-state index is -0.0788.